The highest BCUT2D eigenvalue weighted by Crippen LogP contribution is 2.24. The third kappa shape index (κ3) is 5.29. The molecule has 0 aliphatic carbocycles. The summed E-state index contributed by atoms with van der Waals surface area (Å²) in [5.41, 5.74) is 3.04. The second-order valence-corrected chi connectivity index (χ2v) is 8.12. The van der Waals surface area contributed by atoms with Gasteiger partial charge in [-0.2, -0.15) is 0 Å². The zero-order valence-electron chi connectivity index (χ0n) is 15.1. The van der Waals surface area contributed by atoms with Crippen molar-refractivity contribution in [2.24, 2.45) is 0 Å². The van der Waals surface area contributed by atoms with Gasteiger partial charge in [0.25, 0.3) is 0 Å². The van der Waals surface area contributed by atoms with E-state index in [9.17, 15) is 17.6 Å². The number of nitrogens with one attached hydrogen (secondary N) is 1. The minimum absolute atomic E-state index is 0.0418. The number of halogens is 1. The molecule has 0 aromatic heterocycles. The largest absolute Gasteiger partial charge is 0.354 e. The van der Waals surface area contributed by atoms with Crippen LogP contribution >= 0.6 is 0 Å². The van der Waals surface area contributed by atoms with Crippen LogP contribution in [0.15, 0.2) is 42.5 Å². The second-order valence-electron chi connectivity index (χ2n) is 6.21. The number of hydrogen-bond donors (Lipinski definition) is 1. The molecule has 0 radical (unpaired) electrons. The van der Waals surface area contributed by atoms with E-state index in [1.54, 1.807) is 24.3 Å². The van der Waals surface area contributed by atoms with E-state index in [0.717, 1.165) is 17.4 Å². The molecule has 0 bridgehead atoms. The Morgan fingerprint density at radius 1 is 1.15 bits per heavy atom. The average Bonchev–Trinajstić information content (AvgIpc) is 2.53. The molecule has 0 spiro atoms. The molecule has 7 heteroatoms. The monoisotopic (exact) mass is 378 g/mol. The molecule has 0 fully saturated rings. The smallest absolute Gasteiger partial charge is 0.232 e. The van der Waals surface area contributed by atoms with Crippen LogP contribution in [0.2, 0.25) is 0 Å². The first-order valence-electron chi connectivity index (χ1n) is 8.23. The lowest BCUT2D eigenvalue weighted by molar-refractivity contribution is -0.120. The summed E-state index contributed by atoms with van der Waals surface area (Å²) in [5.74, 6) is -0.682. The molecule has 0 atom stereocenters. The Balaban J connectivity index is 2.02. The molecule has 0 aliphatic rings. The van der Waals surface area contributed by atoms with Crippen LogP contribution in [0.25, 0.3) is 0 Å². The van der Waals surface area contributed by atoms with Crippen molar-refractivity contribution in [1.82, 2.24) is 5.32 Å². The Labute approximate surface area is 153 Å². The summed E-state index contributed by atoms with van der Waals surface area (Å²) in [4.78, 5) is 12.0. The predicted octanol–water partition coefficient (Wildman–Crippen LogP) is 2.57. The number of anilines is 1. The van der Waals surface area contributed by atoms with E-state index in [-0.39, 0.29) is 25.4 Å². The minimum atomic E-state index is -3.49. The number of aryl methyl sites for hydroxylation is 1. The molecule has 2 rings (SSSR count). The van der Waals surface area contributed by atoms with Crippen molar-refractivity contribution in [1.29, 1.82) is 0 Å². The van der Waals surface area contributed by atoms with Crippen LogP contribution in [0.1, 0.15) is 16.7 Å². The highest BCUT2D eigenvalue weighted by Gasteiger charge is 2.19. The van der Waals surface area contributed by atoms with E-state index in [1.807, 2.05) is 19.9 Å². The maximum Gasteiger partial charge on any atom is 0.232 e. The fourth-order valence-corrected chi connectivity index (χ4v) is 3.64. The van der Waals surface area contributed by atoms with E-state index < -0.39 is 15.8 Å². The lowest BCUT2D eigenvalue weighted by atomic mass is 10.1. The number of sulfonamides is 1. The predicted molar refractivity (Wildman–Crippen MR) is 101 cm³/mol. The second kappa shape index (κ2) is 8.31. The van der Waals surface area contributed by atoms with Crippen molar-refractivity contribution in [3.63, 3.8) is 0 Å². The summed E-state index contributed by atoms with van der Waals surface area (Å²) in [7, 11) is -3.49. The van der Waals surface area contributed by atoms with Gasteiger partial charge in [0, 0.05) is 6.54 Å². The number of carbonyl (C=O) groups excluding carboxylic acids is 1. The maximum absolute atomic E-state index is 13.2. The number of amides is 1. The first kappa shape index (κ1) is 19.9. The molecular formula is C19H23FN2O3S. The topological polar surface area (TPSA) is 66.5 Å². The molecule has 1 N–H and O–H groups in total. The van der Waals surface area contributed by atoms with E-state index >= 15 is 0 Å². The van der Waals surface area contributed by atoms with E-state index in [1.165, 1.54) is 16.4 Å². The lowest BCUT2D eigenvalue weighted by Gasteiger charge is -2.25. The molecule has 2 aromatic rings. The van der Waals surface area contributed by atoms with Crippen LogP contribution < -0.4 is 9.62 Å². The SMILES string of the molecule is Cc1cccc(N(CCNC(=O)Cc2cccc(F)c2)S(C)(=O)=O)c1C. The summed E-state index contributed by atoms with van der Waals surface area (Å²) < 4.78 is 38.8. The Hall–Kier alpha value is -2.41. The summed E-state index contributed by atoms with van der Waals surface area (Å²) in [6.07, 6.45) is 1.18. The van der Waals surface area contributed by atoms with Gasteiger partial charge in [0.15, 0.2) is 0 Å². The third-order valence-corrected chi connectivity index (χ3v) is 5.32. The van der Waals surface area contributed by atoms with E-state index in [2.05, 4.69) is 5.32 Å². The van der Waals surface area contributed by atoms with Crippen molar-refractivity contribution >= 4 is 21.6 Å². The van der Waals surface area contributed by atoms with Gasteiger partial charge in [-0.05, 0) is 48.7 Å². The molecule has 5 nitrogen and oxygen atoms in total. The van der Waals surface area contributed by atoms with Crippen LogP contribution in [0.5, 0.6) is 0 Å². The molecule has 0 saturated heterocycles. The molecular weight excluding hydrogens is 355 g/mol. The van der Waals surface area contributed by atoms with Crippen molar-refractivity contribution in [2.45, 2.75) is 20.3 Å². The average molecular weight is 378 g/mol. The standard InChI is InChI=1S/C19H23FN2O3S/c1-14-6-4-9-18(15(14)2)22(26(3,24)25)11-10-21-19(23)13-16-7-5-8-17(20)12-16/h4-9,12H,10-11,13H2,1-3H3,(H,21,23). The lowest BCUT2D eigenvalue weighted by Crippen LogP contribution is -2.39. The molecule has 0 saturated carbocycles. The van der Waals surface area contributed by atoms with Crippen LogP contribution in [0, 0.1) is 19.7 Å². The van der Waals surface area contributed by atoms with Crippen LogP contribution in [-0.4, -0.2) is 33.7 Å². The van der Waals surface area contributed by atoms with Crippen molar-refractivity contribution in [2.75, 3.05) is 23.7 Å². The molecule has 0 unspecified atom stereocenters. The van der Waals surface area contributed by atoms with Gasteiger partial charge in [0.2, 0.25) is 15.9 Å². The highest BCUT2D eigenvalue weighted by molar-refractivity contribution is 7.92. The fraction of sp³-hybridized carbons (Fsp3) is 0.316. The quantitative estimate of drug-likeness (QED) is 0.805. The van der Waals surface area contributed by atoms with Gasteiger partial charge in [0.05, 0.1) is 24.9 Å². The summed E-state index contributed by atoms with van der Waals surface area (Å²) >= 11 is 0. The Bertz CT molecular complexity index is 897. The van der Waals surface area contributed by atoms with Crippen LogP contribution in [0.3, 0.4) is 0 Å². The molecule has 0 aliphatic heterocycles. The molecule has 0 heterocycles. The first-order chi connectivity index (χ1) is 12.2. The zero-order valence-corrected chi connectivity index (χ0v) is 15.9. The third-order valence-electron chi connectivity index (χ3n) is 4.14. The minimum Gasteiger partial charge on any atom is -0.354 e. The summed E-state index contributed by atoms with van der Waals surface area (Å²) in [5, 5.41) is 2.69. The van der Waals surface area contributed by atoms with Gasteiger partial charge in [-0.15, -0.1) is 0 Å². The number of benzene rings is 2. The number of carbonyl (C=O) groups is 1. The van der Waals surface area contributed by atoms with E-state index in [4.69, 9.17) is 0 Å². The van der Waals surface area contributed by atoms with Gasteiger partial charge in [0.1, 0.15) is 5.82 Å². The normalized spacial score (nSPS) is 11.2. The number of nitrogens with zero attached hydrogens (tertiary/aromatic N) is 1. The fourth-order valence-electron chi connectivity index (χ4n) is 2.66. The van der Waals surface area contributed by atoms with Crippen molar-refractivity contribution in [3.05, 3.63) is 65.0 Å². The Morgan fingerprint density at radius 2 is 1.85 bits per heavy atom. The van der Waals surface area contributed by atoms with Gasteiger partial charge in [-0.25, -0.2) is 12.8 Å². The number of rotatable bonds is 7. The molecule has 140 valence electrons. The molecule has 26 heavy (non-hydrogen) atoms. The van der Waals surface area contributed by atoms with Crippen molar-refractivity contribution in [3.8, 4) is 0 Å². The van der Waals surface area contributed by atoms with Crippen LogP contribution in [-0.2, 0) is 21.2 Å². The molecule has 2 aromatic carbocycles. The van der Waals surface area contributed by atoms with Gasteiger partial charge in [-0.3, -0.25) is 9.10 Å². The summed E-state index contributed by atoms with van der Waals surface area (Å²) in [6, 6.07) is 11.3. The molecule has 1 amide bonds. The van der Waals surface area contributed by atoms with Crippen molar-refractivity contribution < 1.29 is 17.6 Å². The highest BCUT2D eigenvalue weighted by atomic mass is 32.2. The van der Waals surface area contributed by atoms with Gasteiger partial charge < -0.3 is 5.32 Å². The van der Waals surface area contributed by atoms with Crippen LogP contribution in [0.4, 0.5) is 10.1 Å². The Kier molecular flexibility index (Phi) is 6.37. The Morgan fingerprint density at radius 3 is 2.50 bits per heavy atom. The van der Waals surface area contributed by atoms with E-state index in [0.29, 0.717) is 11.3 Å². The van der Waals surface area contributed by atoms with Gasteiger partial charge >= 0.3 is 0 Å². The number of hydrogen-bond acceptors (Lipinski definition) is 3. The zero-order chi connectivity index (χ0) is 19.3. The first-order valence-corrected chi connectivity index (χ1v) is 10.1. The van der Waals surface area contributed by atoms with Gasteiger partial charge in [-0.1, -0.05) is 24.3 Å². The summed E-state index contributed by atoms with van der Waals surface area (Å²) in [6.45, 7) is 4.07. The maximum atomic E-state index is 13.2.